The molecule has 1 aliphatic heterocycles. The number of fused-ring (bicyclic) bond motifs is 2. The molecule has 1 heterocycles. The summed E-state index contributed by atoms with van der Waals surface area (Å²) in [5.41, 5.74) is -4.45. The highest BCUT2D eigenvalue weighted by Gasteiger charge is 2.81. The maximum absolute atomic E-state index is 13.0. The zero-order valence-corrected chi connectivity index (χ0v) is 8.86. The van der Waals surface area contributed by atoms with Gasteiger partial charge in [-0.2, -0.15) is 13.2 Å². The first-order valence-electron chi connectivity index (χ1n) is 4.89. The molecule has 2 rings (SSSR count). The standard InChI is InChI=1S/C10H13F3O2/c1-7(2)8(3)4-5-9(7,10(11,12)13)15-6(8)14/h4-5H2,1-3H3/t8-,9-/m0/s1. The minimum atomic E-state index is -4.49. The summed E-state index contributed by atoms with van der Waals surface area (Å²) in [6.07, 6.45) is -4.36. The van der Waals surface area contributed by atoms with Gasteiger partial charge in [-0.15, -0.1) is 0 Å². The van der Waals surface area contributed by atoms with Crippen molar-refractivity contribution in [3.63, 3.8) is 0 Å². The van der Waals surface area contributed by atoms with Crippen LogP contribution in [0.3, 0.4) is 0 Å². The fourth-order valence-corrected chi connectivity index (χ4v) is 2.86. The summed E-state index contributed by atoms with van der Waals surface area (Å²) in [5.74, 6) is -0.712. The molecule has 2 bridgehead atoms. The van der Waals surface area contributed by atoms with Gasteiger partial charge in [0.15, 0.2) is 0 Å². The van der Waals surface area contributed by atoms with E-state index in [1.54, 1.807) is 6.92 Å². The number of rotatable bonds is 0. The molecule has 2 nitrogen and oxygen atoms in total. The fourth-order valence-electron chi connectivity index (χ4n) is 2.86. The third kappa shape index (κ3) is 0.858. The molecule has 0 amide bonds. The summed E-state index contributed by atoms with van der Waals surface area (Å²) < 4.78 is 43.7. The summed E-state index contributed by atoms with van der Waals surface area (Å²) >= 11 is 0. The first kappa shape index (κ1) is 10.8. The van der Waals surface area contributed by atoms with Gasteiger partial charge in [0.25, 0.3) is 0 Å². The van der Waals surface area contributed by atoms with Crippen LogP contribution in [0.15, 0.2) is 0 Å². The Morgan fingerprint density at radius 2 is 1.73 bits per heavy atom. The molecule has 0 unspecified atom stereocenters. The molecule has 2 fully saturated rings. The molecule has 86 valence electrons. The van der Waals surface area contributed by atoms with Crippen LogP contribution in [0, 0.1) is 10.8 Å². The van der Waals surface area contributed by atoms with Crippen molar-refractivity contribution in [2.45, 2.75) is 45.4 Å². The van der Waals surface area contributed by atoms with Crippen molar-refractivity contribution in [2.24, 2.45) is 10.8 Å². The van der Waals surface area contributed by atoms with E-state index >= 15 is 0 Å². The lowest BCUT2D eigenvalue weighted by atomic mass is 9.66. The van der Waals surface area contributed by atoms with Gasteiger partial charge in [-0.1, -0.05) is 13.8 Å². The Kier molecular flexibility index (Phi) is 1.67. The highest BCUT2D eigenvalue weighted by Crippen LogP contribution is 2.69. The molecule has 0 N–H and O–H groups in total. The predicted octanol–water partition coefficient (Wildman–Crippen LogP) is 2.67. The van der Waals surface area contributed by atoms with Gasteiger partial charge in [0.05, 0.1) is 5.41 Å². The topological polar surface area (TPSA) is 26.3 Å². The molecule has 0 aromatic rings. The Bertz CT molecular complexity index is 334. The van der Waals surface area contributed by atoms with E-state index < -0.39 is 28.6 Å². The highest BCUT2D eigenvalue weighted by molar-refractivity contribution is 5.82. The van der Waals surface area contributed by atoms with Crippen LogP contribution >= 0.6 is 0 Å². The number of carbonyl (C=O) groups is 1. The van der Waals surface area contributed by atoms with Crippen LogP contribution < -0.4 is 0 Å². The number of carbonyl (C=O) groups excluding carboxylic acids is 1. The van der Waals surface area contributed by atoms with Gasteiger partial charge in [0.2, 0.25) is 5.60 Å². The van der Waals surface area contributed by atoms with Crippen molar-refractivity contribution in [2.75, 3.05) is 0 Å². The molecule has 1 aliphatic carbocycles. The summed E-state index contributed by atoms with van der Waals surface area (Å²) in [7, 11) is 0. The van der Waals surface area contributed by atoms with Crippen molar-refractivity contribution >= 4 is 5.97 Å². The van der Waals surface area contributed by atoms with E-state index in [1.165, 1.54) is 13.8 Å². The summed E-state index contributed by atoms with van der Waals surface area (Å²) in [6.45, 7) is 4.51. The lowest BCUT2D eigenvalue weighted by molar-refractivity contribution is -0.281. The largest absolute Gasteiger partial charge is 0.448 e. The van der Waals surface area contributed by atoms with E-state index in [9.17, 15) is 18.0 Å². The zero-order chi connectivity index (χ0) is 11.7. The van der Waals surface area contributed by atoms with Crippen LogP contribution in [0.2, 0.25) is 0 Å². The average Bonchev–Trinajstić information content (AvgIpc) is 2.33. The summed E-state index contributed by atoms with van der Waals surface area (Å²) in [6, 6.07) is 0. The molecule has 0 spiro atoms. The predicted molar refractivity (Wildman–Crippen MR) is 46.0 cm³/mol. The van der Waals surface area contributed by atoms with E-state index in [4.69, 9.17) is 0 Å². The lowest BCUT2D eigenvalue weighted by Gasteiger charge is -2.37. The molecular weight excluding hydrogens is 209 g/mol. The molecule has 1 saturated heterocycles. The van der Waals surface area contributed by atoms with Gasteiger partial charge < -0.3 is 4.74 Å². The Morgan fingerprint density at radius 1 is 1.20 bits per heavy atom. The molecule has 2 aliphatic rings. The van der Waals surface area contributed by atoms with Gasteiger partial charge in [0, 0.05) is 5.41 Å². The van der Waals surface area contributed by atoms with Crippen molar-refractivity contribution in [3.8, 4) is 0 Å². The van der Waals surface area contributed by atoms with Crippen LogP contribution in [0.4, 0.5) is 13.2 Å². The SMILES string of the molecule is CC1(C)[C@]2(C(F)(F)F)CC[C@@]1(C)C(=O)O2. The molecule has 15 heavy (non-hydrogen) atoms. The number of alkyl halides is 3. The second-order valence-corrected chi connectivity index (χ2v) is 5.17. The normalized spacial score (nSPS) is 43.2. The second-order valence-electron chi connectivity index (χ2n) is 5.17. The van der Waals surface area contributed by atoms with E-state index in [1.807, 2.05) is 0 Å². The van der Waals surface area contributed by atoms with Crippen molar-refractivity contribution in [3.05, 3.63) is 0 Å². The van der Waals surface area contributed by atoms with Gasteiger partial charge in [-0.25, -0.2) is 0 Å². The van der Waals surface area contributed by atoms with Crippen LogP contribution in [-0.2, 0) is 9.53 Å². The van der Waals surface area contributed by atoms with E-state index in [2.05, 4.69) is 4.74 Å². The third-order valence-corrected chi connectivity index (χ3v) is 4.54. The number of ether oxygens (including phenoxy) is 1. The minimum Gasteiger partial charge on any atom is -0.448 e. The molecular formula is C10H13F3O2. The van der Waals surface area contributed by atoms with Crippen molar-refractivity contribution in [1.82, 2.24) is 0 Å². The quantitative estimate of drug-likeness (QED) is 0.589. The maximum atomic E-state index is 13.0. The van der Waals surface area contributed by atoms with Crippen LogP contribution in [0.5, 0.6) is 0 Å². The first-order chi connectivity index (χ1) is 6.58. The Labute approximate surface area is 85.8 Å². The monoisotopic (exact) mass is 222 g/mol. The molecule has 0 aromatic heterocycles. The lowest BCUT2D eigenvalue weighted by Crippen LogP contribution is -2.52. The Morgan fingerprint density at radius 3 is 1.93 bits per heavy atom. The zero-order valence-electron chi connectivity index (χ0n) is 8.86. The van der Waals surface area contributed by atoms with Gasteiger partial charge in [-0.05, 0) is 19.8 Å². The van der Waals surface area contributed by atoms with Gasteiger partial charge in [0.1, 0.15) is 0 Å². The van der Waals surface area contributed by atoms with Crippen molar-refractivity contribution in [1.29, 1.82) is 0 Å². The van der Waals surface area contributed by atoms with Crippen LogP contribution in [0.25, 0.3) is 0 Å². The second kappa shape index (κ2) is 2.33. The highest BCUT2D eigenvalue weighted by atomic mass is 19.4. The van der Waals surface area contributed by atoms with E-state index in [-0.39, 0.29) is 12.8 Å². The summed E-state index contributed by atoms with van der Waals surface area (Å²) in [5, 5.41) is 0. The number of hydrogen-bond acceptors (Lipinski definition) is 2. The van der Waals surface area contributed by atoms with E-state index in [0.29, 0.717) is 0 Å². The molecule has 0 radical (unpaired) electrons. The Hall–Kier alpha value is -0.740. The van der Waals surface area contributed by atoms with Crippen molar-refractivity contribution < 1.29 is 22.7 Å². The van der Waals surface area contributed by atoms with Gasteiger partial charge in [-0.3, -0.25) is 4.79 Å². The summed E-state index contributed by atoms with van der Waals surface area (Å²) in [4.78, 5) is 11.5. The smallest absolute Gasteiger partial charge is 0.428 e. The van der Waals surface area contributed by atoms with Crippen LogP contribution in [0.1, 0.15) is 33.6 Å². The molecule has 1 saturated carbocycles. The first-order valence-corrected chi connectivity index (χ1v) is 4.89. The van der Waals surface area contributed by atoms with E-state index in [0.717, 1.165) is 0 Å². The Balaban J connectivity index is 2.59. The number of halogens is 3. The number of esters is 1. The maximum Gasteiger partial charge on any atom is 0.428 e. The molecule has 5 heteroatoms. The van der Waals surface area contributed by atoms with Gasteiger partial charge >= 0.3 is 12.1 Å². The molecule has 0 aromatic carbocycles. The van der Waals surface area contributed by atoms with Crippen LogP contribution in [-0.4, -0.2) is 17.7 Å². The molecule has 2 atom stereocenters. The number of hydrogen-bond donors (Lipinski definition) is 0. The fraction of sp³-hybridized carbons (Fsp3) is 0.900. The third-order valence-electron chi connectivity index (χ3n) is 4.54. The minimum absolute atomic E-state index is 0.119. The average molecular weight is 222 g/mol.